The second-order valence-electron chi connectivity index (χ2n) is 3.96. The highest BCUT2D eigenvalue weighted by molar-refractivity contribution is 9.09. The number of ether oxygens (including phenoxy) is 1. The van der Waals surface area contributed by atoms with Gasteiger partial charge in [-0.15, -0.1) is 11.3 Å². The van der Waals surface area contributed by atoms with Gasteiger partial charge in [-0.1, -0.05) is 15.9 Å². The molecule has 0 saturated carbocycles. The molecule has 0 bridgehead atoms. The molecule has 19 heavy (non-hydrogen) atoms. The third-order valence-corrected chi connectivity index (χ3v) is 4.89. The standard InChI is InChI=1S/C12H7BrFNO3S/c13-7-4-18-8-3-5(14)1-2-6(8)9-10(7)19-11(15-9)12(16)17/h1-3,7H,4H2,(H,16,17). The van der Waals surface area contributed by atoms with Gasteiger partial charge in [-0.3, -0.25) is 0 Å². The summed E-state index contributed by atoms with van der Waals surface area (Å²) < 4.78 is 18.7. The van der Waals surface area contributed by atoms with Crippen LogP contribution in [0.25, 0.3) is 11.3 Å². The zero-order valence-corrected chi connectivity index (χ0v) is 11.8. The minimum Gasteiger partial charge on any atom is -0.491 e. The van der Waals surface area contributed by atoms with Crippen molar-refractivity contribution >= 4 is 33.2 Å². The van der Waals surface area contributed by atoms with E-state index in [1.807, 2.05) is 0 Å². The van der Waals surface area contributed by atoms with Gasteiger partial charge in [-0.2, -0.15) is 0 Å². The number of carboxylic acid groups (broad SMARTS) is 1. The molecule has 1 aliphatic rings. The Labute approximate surface area is 120 Å². The number of halogens is 2. The fourth-order valence-electron chi connectivity index (χ4n) is 1.88. The summed E-state index contributed by atoms with van der Waals surface area (Å²) in [5.41, 5.74) is 1.15. The molecule has 7 heteroatoms. The number of fused-ring (bicyclic) bond motifs is 3. The summed E-state index contributed by atoms with van der Waals surface area (Å²) in [4.78, 5) is 15.8. The van der Waals surface area contributed by atoms with E-state index in [0.717, 1.165) is 16.2 Å². The number of aromatic nitrogens is 1. The lowest BCUT2D eigenvalue weighted by molar-refractivity contribution is 0.0696. The van der Waals surface area contributed by atoms with Crippen LogP contribution in [0.1, 0.15) is 19.5 Å². The molecule has 1 N–H and O–H groups in total. The quantitative estimate of drug-likeness (QED) is 0.805. The van der Waals surface area contributed by atoms with Crippen molar-refractivity contribution in [1.82, 2.24) is 4.98 Å². The van der Waals surface area contributed by atoms with Crippen molar-refractivity contribution in [3.63, 3.8) is 0 Å². The highest BCUT2D eigenvalue weighted by atomic mass is 79.9. The number of carbonyl (C=O) groups is 1. The first kappa shape index (κ1) is 12.6. The molecule has 2 aromatic rings. The van der Waals surface area contributed by atoms with E-state index in [0.29, 0.717) is 23.6 Å². The van der Waals surface area contributed by atoms with Crippen molar-refractivity contribution in [2.24, 2.45) is 0 Å². The lowest BCUT2D eigenvalue weighted by atomic mass is 10.1. The number of nitrogens with zero attached hydrogens (tertiary/aromatic N) is 1. The molecule has 1 unspecified atom stereocenters. The number of alkyl halides is 1. The predicted molar refractivity (Wildman–Crippen MR) is 71.6 cm³/mol. The summed E-state index contributed by atoms with van der Waals surface area (Å²) >= 11 is 4.54. The molecule has 0 spiro atoms. The molecule has 1 aromatic carbocycles. The largest absolute Gasteiger partial charge is 0.491 e. The Balaban J connectivity index is 2.23. The Hall–Kier alpha value is -1.47. The predicted octanol–water partition coefficient (Wildman–Crippen LogP) is 3.48. The molecule has 1 atom stereocenters. The fraction of sp³-hybridized carbons (Fsp3) is 0.167. The van der Waals surface area contributed by atoms with E-state index >= 15 is 0 Å². The van der Waals surface area contributed by atoms with Gasteiger partial charge in [0.1, 0.15) is 18.2 Å². The van der Waals surface area contributed by atoms with Gasteiger partial charge in [0.05, 0.1) is 15.4 Å². The Morgan fingerprint density at radius 2 is 2.37 bits per heavy atom. The summed E-state index contributed by atoms with van der Waals surface area (Å²) in [5.74, 6) is -1.09. The molecule has 2 heterocycles. The highest BCUT2D eigenvalue weighted by Gasteiger charge is 2.27. The number of aromatic carboxylic acids is 1. The minimum absolute atomic E-state index is 0.0200. The molecule has 0 radical (unpaired) electrons. The van der Waals surface area contributed by atoms with E-state index in [9.17, 15) is 9.18 Å². The van der Waals surface area contributed by atoms with E-state index in [4.69, 9.17) is 9.84 Å². The zero-order chi connectivity index (χ0) is 13.6. The molecule has 4 nitrogen and oxygen atoms in total. The number of benzene rings is 1. The van der Waals surface area contributed by atoms with Gasteiger partial charge in [0.15, 0.2) is 0 Å². The third kappa shape index (κ3) is 2.12. The van der Waals surface area contributed by atoms with E-state index in [1.165, 1.54) is 12.1 Å². The third-order valence-electron chi connectivity index (χ3n) is 2.70. The second kappa shape index (κ2) is 4.57. The first-order valence-electron chi connectivity index (χ1n) is 5.37. The highest BCUT2D eigenvalue weighted by Crippen LogP contribution is 2.43. The van der Waals surface area contributed by atoms with Crippen LogP contribution in [-0.4, -0.2) is 22.7 Å². The van der Waals surface area contributed by atoms with E-state index in [2.05, 4.69) is 20.9 Å². The summed E-state index contributed by atoms with van der Waals surface area (Å²) in [6.07, 6.45) is 0. The van der Waals surface area contributed by atoms with Crippen LogP contribution in [0.3, 0.4) is 0 Å². The second-order valence-corrected chi connectivity index (χ2v) is 6.09. The molecule has 0 fully saturated rings. The van der Waals surface area contributed by atoms with Gasteiger partial charge in [-0.25, -0.2) is 14.2 Å². The maximum absolute atomic E-state index is 13.2. The van der Waals surface area contributed by atoms with Crippen LogP contribution >= 0.6 is 27.3 Å². The van der Waals surface area contributed by atoms with Crippen LogP contribution in [-0.2, 0) is 0 Å². The number of thiazole rings is 1. The number of carboxylic acids is 1. The summed E-state index contributed by atoms with van der Waals surface area (Å²) in [6.45, 7) is 0.296. The molecule has 0 aliphatic carbocycles. The van der Waals surface area contributed by atoms with Crippen molar-refractivity contribution < 1.29 is 19.0 Å². The normalized spacial score (nSPS) is 17.1. The average Bonchev–Trinajstić information content (AvgIpc) is 2.76. The van der Waals surface area contributed by atoms with Gasteiger partial charge in [-0.05, 0) is 12.1 Å². The first-order chi connectivity index (χ1) is 9.06. The lowest BCUT2D eigenvalue weighted by Crippen LogP contribution is -2.01. The Morgan fingerprint density at radius 3 is 3.11 bits per heavy atom. The topological polar surface area (TPSA) is 59.4 Å². The van der Waals surface area contributed by atoms with Crippen molar-refractivity contribution in [3.05, 3.63) is 33.9 Å². The molecule has 98 valence electrons. The average molecular weight is 344 g/mol. The maximum atomic E-state index is 13.2. The van der Waals surface area contributed by atoms with Gasteiger partial charge < -0.3 is 9.84 Å². The SMILES string of the molecule is O=C(O)c1nc2c(s1)C(Br)COc1cc(F)ccc1-2. The van der Waals surface area contributed by atoms with E-state index in [1.54, 1.807) is 6.07 Å². The Bertz CT molecular complexity index is 673. The van der Waals surface area contributed by atoms with Crippen LogP contribution in [0.4, 0.5) is 4.39 Å². The van der Waals surface area contributed by atoms with Crippen LogP contribution in [0.2, 0.25) is 0 Å². The first-order valence-corrected chi connectivity index (χ1v) is 7.10. The zero-order valence-electron chi connectivity index (χ0n) is 9.39. The van der Waals surface area contributed by atoms with Gasteiger partial charge in [0.25, 0.3) is 0 Å². The Morgan fingerprint density at radius 1 is 1.58 bits per heavy atom. The van der Waals surface area contributed by atoms with Crippen LogP contribution in [0.5, 0.6) is 5.75 Å². The molecule has 1 aromatic heterocycles. The molecule has 0 saturated heterocycles. The summed E-state index contributed by atoms with van der Waals surface area (Å²) in [7, 11) is 0. The number of hydrogen-bond donors (Lipinski definition) is 1. The molecular formula is C12H7BrFNO3S. The van der Waals surface area contributed by atoms with Crippen molar-refractivity contribution in [3.8, 4) is 17.0 Å². The summed E-state index contributed by atoms with van der Waals surface area (Å²) in [5, 5.41) is 9.04. The molecule has 1 aliphatic heterocycles. The van der Waals surface area contributed by atoms with Crippen LogP contribution in [0.15, 0.2) is 18.2 Å². The maximum Gasteiger partial charge on any atom is 0.365 e. The lowest BCUT2D eigenvalue weighted by Gasteiger charge is -2.07. The van der Waals surface area contributed by atoms with Crippen molar-refractivity contribution in [1.29, 1.82) is 0 Å². The Kier molecular flexibility index (Phi) is 3.02. The van der Waals surface area contributed by atoms with E-state index in [-0.39, 0.29) is 9.83 Å². The summed E-state index contributed by atoms with van der Waals surface area (Å²) in [6, 6.07) is 4.14. The fourth-order valence-corrected chi connectivity index (χ4v) is 3.39. The van der Waals surface area contributed by atoms with Crippen LogP contribution < -0.4 is 4.74 Å². The van der Waals surface area contributed by atoms with Gasteiger partial charge >= 0.3 is 5.97 Å². The smallest absolute Gasteiger partial charge is 0.365 e. The molecule has 0 amide bonds. The monoisotopic (exact) mass is 343 g/mol. The van der Waals surface area contributed by atoms with Gasteiger partial charge in [0.2, 0.25) is 5.01 Å². The van der Waals surface area contributed by atoms with Crippen LogP contribution in [0, 0.1) is 5.82 Å². The van der Waals surface area contributed by atoms with Gasteiger partial charge in [0, 0.05) is 11.6 Å². The number of hydrogen-bond acceptors (Lipinski definition) is 4. The van der Waals surface area contributed by atoms with E-state index < -0.39 is 11.8 Å². The van der Waals surface area contributed by atoms with Crippen molar-refractivity contribution in [2.45, 2.75) is 4.83 Å². The number of rotatable bonds is 1. The minimum atomic E-state index is -1.07. The van der Waals surface area contributed by atoms with Crippen molar-refractivity contribution in [2.75, 3.05) is 6.61 Å². The molecular weight excluding hydrogens is 337 g/mol. The molecule has 3 rings (SSSR count).